The van der Waals surface area contributed by atoms with Crippen LogP contribution < -0.4 is 5.32 Å². The third kappa shape index (κ3) is 6.04. The molecule has 1 aliphatic carbocycles. The van der Waals surface area contributed by atoms with Gasteiger partial charge in [-0.25, -0.2) is 4.98 Å². The van der Waals surface area contributed by atoms with Crippen molar-refractivity contribution in [2.75, 3.05) is 6.54 Å². The molecule has 1 heterocycles. The van der Waals surface area contributed by atoms with Gasteiger partial charge in [-0.1, -0.05) is 68.7 Å². The molecule has 1 saturated carbocycles. The number of nitrogens with one attached hydrogen (secondary N) is 1. The molecule has 1 aliphatic rings. The maximum atomic E-state index is 13.8. The number of imidazole rings is 1. The Balaban J connectivity index is 1.54. The van der Waals surface area contributed by atoms with Crippen LogP contribution in [-0.4, -0.2) is 38.9 Å². The van der Waals surface area contributed by atoms with Crippen molar-refractivity contribution in [1.82, 2.24) is 19.8 Å². The molecule has 1 fully saturated rings. The highest BCUT2D eigenvalue weighted by molar-refractivity contribution is 5.81. The number of nitrogens with zero attached hydrogens (tertiary/aromatic N) is 3. The number of para-hydroxylation sites is 2. The summed E-state index contributed by atoms with van der Waals surface area (Å²) < 4.78 is 2.08. The van der Waals surface area contributed by atoms with Crippen LogP contribution in [0.5, 0.6) is 0 Å². The second-order valence-corrected chi connectivity index (χ2v) is 9.21. The molecule has 3 aromatic rings. The van der Waals surface area contributed by atoms with Crippen molar-refractivity contribution < 1.29 is 9.59 Å². The first-order chi connectivity index (χ1) is 16.7. The highest BCUT2D eigenvalue weighted by Crippen LogP contribution is 2.25. The minimum Gasteiger partial charge on any atom is -0.356 e. The van der Waals surface area contributed by atoms with Gasteiger partial charge in [0.25, 0.3) is 0 Å². The minimum absolute atomic E-state index is 0.0627. The lowest BCUT2D eigenvalue weighted by molar-refractivity contribution is -0.135. The molecule has 2 amide bonds. The standard InChI is InChI=1S/C28H36N4O2/c1-2-27(33)29-19-11-18-26-30-24-16-9-10-17-25(24)32(26)21-28(34)31(23-14-7-4-8-15-23)20-22-12-5-3-6-13-22/h3,5-6,9-10,12-13,16-17,23H,2,4,7-8,11,14-15,18-21H2,1H3,(H,29,33). The van der Waals surface area contributed by atoms with Crippen molar-refractivity contribution in [3.8, 4) is 0 Å². The Morgan fingerprint density at radius 1 is 1.03 bits per heavy atom. The van der Waals surface area contributed by atoms with E-state index in [-0.39, 0.29) is 11.8 Å². The van der Waals surface area contributed by atoms with Crippen LogP contribution in [-0.2, 0) is 29.1 Å². The first-order valence-electron chi connectivity index (χ1n) is 12.7. The Bertz CT molecular complexity index is 1090. The molecule has 4 rings (SSSR count). The number of amides is 2. The molecule has 0 bridgehead atoms. The summed E-state index contributed by atoms with van der Waals surface area (Å²) in [5.41, 5.74) is 3.07. The van der Waals surface area contributed by atoms with Gasteiger partial charge in [0.05, 0.1) is 11.0 Å². The SMILES string of the molecule is CCC(=O)NCCCc1nc2ccccc2n1CC(=O)N(Cc1ccccc1)C1CCCCC1. The number of hydrogen-bond acceptors (Lipinski definition) is 3. The zero-order chi connectivity index (χ0) is 23.8. The summed E-state index contributed by atoms with van der Waals surface area (Å²) in [6.45, 7) is 3.41. The number of benzene rings is 2. The van der Waals surface area contributed by atoms with Crippen molar-refractivity contribution in [1.29, 1.82) is 0 Å². The highest BCUT2D eigenvalue weighted by atomic mass is 16.2. The third-order valence-corrected chi connectivity index (χ3v) is 6.78. The second-order valence-electron chi connectivity index (χ2n) is 9.21. The molecule has 2 aromatic carbocycles. The summed E-state index contributed by atoms with van der Waals surface area (Å²) in [6.07, 6.45) is 7.78. The molecule has 0 aliphatic heterocycles. The fourth-order valence-corrected chi connectivity index (χ4v) is 4.91. The van der Waals surface area contributed by atoms with Crippen molar-refractivity contribution in [3.63, 3.8) is 0 Å². The molecule has 6 heteroatoms. The normalized spacial score (nSPS) is 14.3. The first-order valence-corrected chi connectivity index (χ1v) is 12.7. The fourth-order valence-electron chi connectivity index (χ4n) is 4.91. The van der Waals surface area contributed by atoms with E-state index in [2.05, 4.69) is 26.9 Å². The molecule has 1 N–H and O–H groups in total. The van der Waals surface area contributed by atoms with E-state index in [9.17, 15) is 9.59 Å². The quantitative estimate of drug-likeness (QED) is 0.440. The minimum atomic E-state index is 0.0627. The lowest BCUT2D eigenvalue weighted by Crippen LogP contribution is -2.42. The monoisotopic (exact) mass is 460 g/mol. The second kappa shape index (κ2) is 11.8. The fraction of sp³-hybridized carbons (Fsp3) is 0.464. The highest BCUT2D eigenvalue weighted by Gasteiger charge is 2.26. The Morgan fingerprint density at radius 3 is 2.53 bits per heavy atom. The summed E-state index contributed by atoms with van der Waals surface area (Å²) in [6, 6.07) is 18.6. The van der Waals surface area contributed by atoms with Gasteiger partial charge in [0.1, 0.15) is 12.4 Å². The van der Waals surface area contributed by atoms with Crippen LogP contribution in [0, 0.1) is 0 Å². The number of fused-ring (bicyclic) bond motifs is 1. The lowest BCUT2D eigenvalue weighted by Gasteiger charge is -2.35. The molecule has 0 saturated heterocycles. The maximum Gasteiger partial charge on any atom is 0.243 e. The van der Waals surface area contributed by atoms with E-state index in [1.807, 2.05) is 49.4 Å². The van der Waals surface area contributed by atoms with Crippen LogP contribution in [0.4, 0.5) is 0 Å². The van der Waals surface area contributed by atoms with E-state index in [1.54, 1.807) is 0 Å². The molecule has 34 heavy (non-hydrogen) atoms. The van der Waals surface area contributed by atoms with Crippen LogP contribution in [0.3, 0.4) is 0 Å². The Labute approximate surface area is 202 Å². The van der Waals surface area contributed by atoms with Gasteiger partial charge in [-0.15, -0.1) is 0 Å². The summed E-state index contributed by atoms with van der Waals surface area (Å²) in [5.74, 6) is 1.12. The van der Waals surface area contributed by atoms with E-state index in [0.29, 0.717) is 38.5 Å². The molecule has 6 nitrogen and oxygen atoms in total. The summed E-state index contributed by atoms with van der Waals surface area (Å²) >= 11 is 0. The number of carbonyl (C=O) groups excluding carboxylic acids is 2. The summed E-state index contributed by atoms with van der Waals surface area (Å²) in [5, 5.41) is 2.93. The number of rotatable bonds is 10. The predicted octanol–water partition coefficient (Wildman–Crippen LogP) is 4.86. The average molecular weight is 461 g/mol. The number of hydrogen-bond donors (Lipinski definition) is 1. The summed E-state index contributed by atoms with van der Waals surface area (Å²) in [7, 11) is 0. The molecular weight excluding hydrogens is 424 g/mol. The van der Waals surface area contributed by atoms with Crippen molar-refractivity contribution in [2.45, 2.75) is 77.4 Å². The third-order valence-electron chi connectivity index (χ3n) is 6.78. The van der Waals surface area contributed by atoms with E-state index in [4.69, 9.17) is 4.98 Å². The van der Waals surface area contributed by atoms with Crippen LogP contribution in [0.25, 0.3) is 11.0 Å². The molecule has 0 unspecified atom stereocenters. The number of carbonyl (C=O) groups is 2. The molecule has 1 aromatic heterocycles. The zero-order valence-corrected chi connectivity index (χ0v) is 20.2. The molecular formula is C28H36N4O2. The largest absolute Gasteiger partial charge is 0.356 e. The van der Waals surface area contributed by atoms with Gasteiger partial charge in [-0.05, 0) is 37.0 Å². The maximum absolute atomic E-state index is 13.8. The van der Waals surface area contributed by atoms with Crippen LogP contribution in [0.15, 0.2) is 54.6 Å². The van der Waals surface area contributed by atoms with Gasteiger partial charge >= 0.3 is 0 Å². The van der Waals surface area contributed by atoms with Gasteiger partial charge in [0, 0.05) is 32.0 Å². The topological polar surface area (TPSA) is 67.2 Å². The predicted molar refractivity (Wildman–Crippen MR) is 135 cm³/mol. The molecule has 0 spiro atoms. The Kier molecular flexibility index (Phi) is 8.34. The molecule has 180 valence electrons. The average Bonchev–Trinajstić information content (AvgIpc) is 3.23. The van der Waals surface area contributed by atoms with Crippen LogP contribution in [0.1, 0.15) is 63.3 Å². The lowest BCUT2D eigenvalue weighted by atomic mass is 9.93. The molecule has 0 atom stereocenters. The van der Waals surface area contributed by atoms with Crippen molar-refractivity contribution in [3.05, 3.63) is 66.0 Å². The van der Waals surface area contributed by atoms with Gasteiger partial charge in [-0.3, -0.25) is 9.59 Å². The van der Waals surface area contributed by atoms with Crippen molar-refractivity contribution in [2.24, 2.45) is 0 Å². The summed E-state index contributed by atoms with van der Waals surface area (Å²) in [4.78, 5) is 32.3. The van der Waals surface area contributed by atoms with Gasteiger partial charge < -0.3 is 14.8 Å². The van der Waals surface area contributed by atoms with Gasteiger partial charge in [0.2, 0.25) is 11.8 Å². The van der Waals surface area contributed by atoms with Crippen molar-refractivity contribution >= 4 is 22.8 Å². The number of aromatic nitrogens is 2. The van der Waals surface area contributed by atoms with Gasteiger partial charge in [-0.2, -0.15) is 0 Å². The van der Waals surface area contributed by atoms with Crippen LogP contribution in [0.2, 0.25) is 0 Å². The van der Waals surface area contributed by atoms with E-state index in [0.717, 1.165) is 36.1 Å². The Hall–Kier alpha value is -3.15. The Morgan fingerprint density at radius 2 is 1.76 bits per heavy atom. The van der Waals surface area contributed by atoms with E-state index < -0.39 is 0 Å². The smallest absolute Gasteiger partial charge is 0.243 e. The van der Waals surface area contributed by atoms with Crippen LogP contribution >= 0.6 is 0 Å². The number of aryl methyl sites for hydroxylation is 1. The first kappa shape index (κ1) is 24.0. The molecule has 0 radical (unpaired) electrons. The zero-order valence-electron chi connectivity index (χ0n) is 20.2. The van der Waals surface area contributed by atoms with E-state index in [1.165, 1.54) is 24.8 Å². The van der Waals surface area contributed by atoms with E-state index >= 15 is 0 Å². The van der Waals surface area contributed by atoms with Gasteiger partial charge in [0.15, 0.2) is 0 Å².